The van der Waals surface area contributed by atoms with Gasteiger partial charge in [-0.25, -0.2) is 0 Å². The molecule has 1 aromatic heterocycles. The summed E-state index contributed by atoms with van der Waals surface area (Å²) < 4.78 is 10.5. The minimum Gasteiger partial charge on any atom is -0.493 e. The Labute approximate surface area is 136 Å². The van der Waals surface area contributed by atoms with E-state index in [-0.39, 0.29) is 5.91 Å². The topological polar surface area (TPSA) is 51.7 Å². The fourth-order valence-corrected chi connectivity index (χ4v) is 2.27. The largest absolute Gasteiger partial charge is 0.493 e. The molecule has 0 bridgehead atoms. The molecule has 0 spiro atoms. The molecular formula is C18H22N2O3. The van der Waals surface area contributed by atoms with Crippen molar-refractivity contribution in [2.75, 3.05) is 27.8 Å². The smallest absolute Gasteiger partial charge is 0.226 e. The molecule has 1 aromatic carbocycles. The van der Waals surface area contributed by atoms with E-state index in [1.807, 2.05) is 37.4 Å². The Morgan fingerprint density at radius 3 is 2.39 bits per heavy atom. The first kappa shape index (κ1) is 16.8. The monoisotopic (exact) mass is 314 g/mol. The molecule has 122 valence electrons. The van der Waals surface area contributed by atoms with Crippen LogP contribution in [0.2, 0.25) is 0 Å². The molecule has 2 aromatic rings. The van der Waals surface area contributed by atoms with Crippen molar-refractivity contribution in [1.29, 1.82) is 0 Å². The number of methoxy groups -OCH3 is 2. The van der Waals surface area contributed by atoms with E-state index in [4.69, 9.17) is 9.47 Å². The fraction of sp³-hybridized carbons (Fsp3) is 0.333. The Balaban J connectivity index is 1.93. The summed E-state index contributed by atoms with van der Waals surface area (Å²) >= 11 is 0. The molecule has 0 atom stereocenters. The van der Waals surface area contributed by atoms with Crippen LogP contribution in [0.15, 0.2) is 42.7 Å². The number of benzene rings is 1. The average molecular weight is 314 g/mol. The van der Waals surface area contributed by atoms with E-state index >= 15 is 0 Å². The number of nitrogens with zero attached hydrogens (tertiary/aromatic N) is 2. The summed E-state index contributed by atoms with van der Waals surface area (Å²) in [6.07, 6.45) is 4.69. The van der Waals surface area contributed by atoms with Crippen LogP contribution in [-0.4, -0.2) is 43.6 Å². The maximum Gasteiger partial charge on any atom is 0.226 e. The minimum absolute atomic E-state index is 0.0753. The summed E-state index contributed by atoms with van der Waals surface area (Å²) in [5.41, 5.74) is 2.08. The van der Waals surface area contributed by atoms with Gasteiger partial charge >= 0.3 is 0 Å². The van der Waals surface area contributed by atoms with Crippen LogP contribution in [0.3, 0.4) is 0 Å². The van der Waals surface area contributed by atoms with Gasteiger partial charge in [0.15, 0.2) is 11.5 Å². The first-order valence-corrected chi connectivity index (χ1v) is 7.48. The van der Waals surface area contributed by atoms with E-state index in [1.54, 1.807) is 31.5 Å². The lowest BCUT2D eigenvalue weighted by atomic mass is 10.1. The Hall–Kier alpha value is -2.56. The average Bonchev–Trinajstić information content (AvgIpc) is 2.60. The van der Waals surface area contributed by atoms with E-state index in [0.29, 0.717) is 24.5 Å². The standard InChI is InChI=1S/C18H22N2O3/c1-20(11-8-14-6-9-19-10-7-14)18(21)13-15-4-5-16(22-2)17(12-15)23-3/h4-7,9-10,12H,8,11,13H2,1-3H3. The zero-order valence-electron chi connectivity index (χ0n) is 13.8. The summed E-state index contributed by atoms with van der Waals surface area (Å²) in [5, 5.41) is 0. The molecule has 0 aliphatic carbocycles. The molecule has 0 aliphatic heterocycles. The zero-order chi connectivity index (χ0) is 16.7. The third-order valence-electron chi connectivity index (χ3n) is 3.71. The molecule has 1 amide bonds. The van der Waals surface area contributed by atoms with Crippen molar-refractivity contribution in [3.05, 3.63) is 53.9 Å². The highest BCUT2D eigenvalue weighted by Crippen LogP contribution is 2.27. The predicted octanol–water partition coefficient (Wildman–Crippen LogP) is 2.34. The second-order valence-corrected chi connectivity index (χ2v) is 5.29. The van der Waals surface area contributed by atoms with Gasteiger partial charge in [-0.3, -0.25) is 9.78 Å². The Bertz CT molecular complexity index is 644. The lowest BCUT2D eigenvalue weighted by Crippen LogP contribution is -2.30. The van der Waals surface area contributed by atoms with Crippen molar-refractivity contribution >= 4 is 5.91 Å². The third kappa shape index (κ3) is 4.71. The minimum atomic E-state index is 0.0753. The molecule has 0 saturated heterocycles. The molecule has 0 aliphatic rings. The summed E-state index contributed by atoms with van der Waals surface area (Å²) in [6.45, 7) is 0.677. The van der Waals surface area contributed by atoms with Crippen molar-refractivity contribution in [3.63, 3.8) is 0 Å². The van der Waals surface area contributed by atoms with Gasteiger partial charge in [0.05, 0.1) is 20.6 Å². The van der Waals surface area contributed by atoms with Gasteiger partial charge in [-0.05, 0) is 41.8 Å². The molecule has 0 saturated carbocycles. The van der Waals surface area contributed by atoms with Gasteiger partial charge < -0.3 is 14.4 Å². The maximum absolute atomic E-state index is 12.3. The van der Waals surface area contributed by atoms with Crippen molar-refractivity contribution in [2.24, 2.45) is 0 Å². The molecule has 1 heterocycles. The number of hydrogen-bond acceptors (Lipinski definition) is 4. The molecule has 23 heavy (non-hydrogen) atoms. The van der Waals surface area contributed by atoms with Crippen LogP contribution < -0.4 is 9.47 Å². The number of hydrogen-bond donors (Lipinski definition) is 0. The van der Waals surface area contributed by atoms with Crippen molar-refractivity contribution in [1.82, 2.24) is 9.88 Å². The lowest BCUT2D eigenvalue weighted by molar-refractivity contribution is -0.129. The molecule has 5 nitrogen and oxygen atoms in total. The number of ether oxygens (including phenoxy) is 2. The highest BCUT2D eigenvalue weighted by atomic mass is 16.5. The first-order valence-electron chi connectivity index (χ1n) is 7.48. The Kier molecular flexibility index (Phi) is 5.97. The zero-order valence-corrected chi connectivity index (χ0v) is 13.8. The van der Waals surface area contributed by atoms with Gasteiger partial charge in [-0.2, -0.15) is 0 Å². The van der Waals surface area contributed by atoms with E-state index in [1.165, 1.54) is 5.56 Å². The van der Waals surface area contributed by atoms with E-state index in [9.17, 15) is 4.79 Å². The Morgan fingerprint density at radius 1 is 1.04 bits per heavy atom. The number of carbonyl (C=O) groups excluding carboxylic acids is 1. The predicted molar refractivity (Wildman–Crippen MR) is 88.8 cm³/mol. The molecule has 0 radical (unpaired) electrons. The normalized spacial score (nSPS) is 10.2. The maximum atomic E-state index is 12.3. The number of aromatic nitrogens is 1. The third-order valence-corrected chi connectivity index (χ3v) is 3.71. The van der Waals surface area contributed by atoms with Crippen LogP contribution in [0.25, 0.3) is 0 Å². The summed E-state index contributed by atoms with van der Waals surface area (Å²) in [6, 6.07) is 9.47. The van der Waals surface area contributed by atoms with Gasteiger partial charge in [0.25, 0.3) is 0 Å². The second kappa shape index (κ2) is 8.17. The van der Waals surface area contributed by atoms with Gasteiger partial charge in [0.1, 0.15) is 0 Å². The van der Waals surface area contributed by atoms with Crippen LogP contribution in [0.5, 0.6) is 11.5 Å². The number of rotatable bonds is 7. The van der Waals surface area contributed by atoms with Gasteiger partial charge in [-0.1, -0.05) is 6.07 Å². The highest BCUT2D eigenvalue weighted by Gasteiger charge is 2.12. The summed E-state index contributed by atoms with van der Waals surface area (Å²) in [4.78, 5) is 18.1. The second-order valence-electron chi connectivity index (χ2n) is 5.29. The number of amides is 1. The molecule has 0 N–H and O–H groups in total. The van der Waals surface area contributed by atoms with E-state index in [2.05, 4.69) is 4.98 Å². The SMILES string of the molecule is COc1ccc(CC(=O)N(C)CCc2ccncc2)cc1OC. The van der Waals surface area contributed by atoms with Crippen LogP contribution >= 0.6 is 0 Å². The number of pyridine rings is 1. The lowest BCUT2D eigenvalue weighted by Gasteiger charge is -2.17. The van der Waals surface area contributed by atoms with Gasteiger partial charge in [0, 0.05) is 26.0 Å². The van der Waals surface area contributed by atoms with Gasteiger partial charge in [0.2, 0.25) is 5.91 Å². The van der Waals surface area contributed by atoms with E-state index < -0.39 is 0 Å². The summed E-state index contributed by atoms with van der Waals surface area (Å²) in [5.74, 6) is 1.37. The van der Waals surface area contributed by atoms with Gasteiger partial charge in [-0.15, -0.1) is 0 Å². The van der Waals surface area contributed by atoms with Crippen LogP contribution in [0, 0.1) is 0 Å². The summed E-state index contributed by atoms with van der Waals surface area (Å²) in [7, 11) is 5.00. The Morgan fingerprint density at radius 2 is 1.74 bits per heavy atom. The van der Waals surface area contributed by atoms with Crippen LogP contribution in [0.4, 0.5) is 0 Å². The molecule has 2 rings (SSSR count). The molecule has 5 heteroatoms. The molecule has 0 fully saturated rings. The van der Waals surface area contributed by atoms with E-state index in [0.717, 1.165) is 12.0 Å². The number of carbonyl (C=O) groups is 1. The fourth-order valence-electron chi connectivity index (χ4n) is 2.27. The highest BCUT2D eigenvalue weighted by molar-refractivity contribution is 5.78. The van der Waals surface area contributed by atoms with Crippen LogP contribution in [0.1, 0.15) is 11.1 Å². The first-order chi connectivity index (χ1) is 11.1. The molecule has 0 unspecified atom stereocenters. The quantitative estimate of drug-likeness (QED) is 0.787. The van der Waals surface area contributed by atoms with Crippen molar-refractivity contribution in [2.45, 2.75) is 12.8 Å². The van der Waals surface area contributed by atoms with Crippen molar-refractivity contribution in [3.8, 4) is 11.5 Å². The molecular weight excluding hydrogens is 292 g/mol. The van der Waals surface area contributed by atoms with Crippen molar-refractivity contribution < 1.29 is 14.3 Å². The van der Waals surface area contributed by atoms with Crippen LogP contribution in [-0.2, 0) is 17.6 Å². The number of likely N-dealkylation sites (N-methyl/N-ethyl adjacent to an activating group) is 1.